The van der Waals surface area contributed by atoms with Gasteiger partial charge in [-0.25, -0.2) is 0 Å². The van der Waals surface area contributed by atoms with E-state index in [2.05, 4.69) is 53.7 Å². The minimum atomic E-state index is -0.745. The van der Waals surface area contributed by atoms with Crippen LogP contribution in [0.5, 0.6) is 5.75 Å². The largest absolute Gasteiger partial charge is 0.507 e. The molecule has 1 heterocycles. The van der Waals surface area contributed by atoms with Gasteiger partial charge in [-0.1, -0.05) is 53.7 Å². The number of phenolic OH excluding ortho intramolecular Hbond substituents is 1. The second-order valence-corrected chi connectivity index (χ2v) is 10.9. The summed E-state index contributed by atoms with van der Waals surface area (Å²) >= 11 is 0. The zero-order chi connectivity index (χ0) is 20.3. The maximum Gasteiger partial charge on any atom is 0.170 e. The molecule has 0 bridgehead atoms. The van der Waals surface area contributed by atoms with Crippen LogP contribution in [0.15, 0.2) is 12.1 Å². The van der Waals surface area contributed by atoms with E-state index in [4.69, 9.17) is 4.74 Å². The molecular weight excluding hydrogens is 324 g/mol. The average molecular weight is 361 g/mol. The Labute approximate surface area is 159 Å². The Morgan fingerprint density at radius 2 is 1.38 bits per heavy atom. The second kappa shape index (κ2) is 6.09. The third kappa shape index (κ3) is 3.83. The van der Waals surface area contributed by atoms with Crippen LogP contribution in [0.1, 0.15) is 85.9 Å². The van der Waals surface area contributed by atoms with Crippen molar-refractivity contribution in [3.8, 4) is 5.75 Å². The van der Waals surface area contributed by atoms with Gasteiger partial charge in [-0.2, -0.15) is 0 Å². The van der Waals surface area contributed by atoms with E-state index in [1.165, 1.54) is 0 Å². The second-order valence-electron chi connectivity index (χ2n) is 10.9. The van der Waals surface area contributed by atoms with Crippen LogP contribution in [-0.2, 0) is 26.8 Å². The van der Waals surface area contributed by atoms with E-state index < -0.39 is 11.2 Å². The molecule has 1 fully saturated rings. The number of aromatic hydroxyl groups is 1. The number of ether oxygens (including phenoxy) is 1. The van der Waals surface area contributed by atoms with Gasteiger partial charge in [0.2, 0.25) is 0 Å². The van der Waals surface area contributed by atoms with E-state index in [9.17, 15) is 9.90 Å². The van der Waals surface area contributed by atoms with E-state index in [1.807, 2.05) is 27.7 Å². The molecule has 26 heavy (non-hydrogen) atoms. The molecule has 0 aliphatic carbocycles. The fourth-order valence-electron chi connectivity index (χ4n) is 4.04. The van der Waals surface area contributed by atoms with Gasteiger partial charge in [-0.05, 0) is 61.6 Å². The molecule has 0 aromatic heterocycles. The van der Waals surface area contributed by atoms with Gasteiger partial charge in [0, 0.05) is 0 Å². The number of rotatable bonds is 2. The topological polar surface area (TPSA) is 46.5 Å². The van der Waals surface area contributed by atoms with Gasteiger partial charge < -0.3 is 9.84 Å². The number of hydrogen-bond acceptors (Lipinski definition) is 3. The van der Waals surface area contributed by atoms with Crippen molar-refractivity contribution >= 4 is 5.78 Å². The maximum absolute atomic E-state index is 12.9. The smallest absolute Gasteiger partial charge is 0.170 e. The molecule has 1 saturated heterocycles. The number of ketones is 1. The first kappa shape index (κ1) is 21.0. The normalized spacial score (nSPS) is 22.7. The number of carbonyl (C=O) groups is 1. The summed E-state index contributed by atoms with van der Waals surface area (Å²) in [6, 6.07) is 4.14. The van der Waals surface area contributed by atoms with Crippen molar-refractivity contribution in [2.24, 2.45) is 5.92 Å². The summed E-state index contributed by atoms with van der Waals surface area (Å²) < 4.78 is 6.05. The lowest BCUT2D eigenvalue weighted by Gasteiger charge is -2.30. The SMILES string of the molecule is CC1(C)OC(C)(C)C(Cc2cc(C(C)(C)C)c(O)c(C(C)(C)C)c2)C1=O. The van der Waals surface area contributed by atoms with Crippen molar-refractivity contribution in [1.29, 1.82) is 0 Å². The summed E-state index contributed by atoms with van der Waals surface area (Å²) in [5.74, 6) is 0.343. The maximum atomic E-state index is 12.9. The predicted molar refractivity (Wildman–Crippen MR) is 107 cm³/mol. The summed E-state index contributed by atoms with van der Waals surface area (Å²) in [5, 5.41) is 10.9. The lowest BCUT2D eigenvalue weighted by atomic mass is 9.76. The highest BCUT2D eigenvalue weighted by Crippen LogP contribution is 2.44. The van der Waals surface area contributed by atoms with E-state index >= 15 is 0 Å². The first-order valence-corrected chi connectivity index (χ1v) is 9.58. The third-order valence-electron chi connectivity index (χ3n) is 5.49. The van der Waals surface area contributed by atoms with Crippen molar-refractivity contribution < 1.29 is 14.6 Å². The van der Waals surface area contributed by atoms with Gasteiger partial charge in [0.05, 0.1) is 11.5 Å². The zero-order valence-electron chi connectivity index (χ0n) is 18.2. The quantitative estimate of drug-likeness (QED) is 0.778. The molecule has 0 saturated carbocycles. The summed E-state index contributed by atoms with van der Waals surface area (Å²) in [4.78, 5) is 12.9. The third-order valence-corrected chi connectivity index (χ3v) is 5.49. The van der Waals surface area contributed by atoms with Crippen LogP contribution in [0.3, 0.4) is 0 Å². The van der Waals surface area contributed by atoms with Crippen molar-refractivity contribution in [1.82, 2.24) is 0 Å². The molecule has 2 rings (SSSR count). The summed E-state index contributed by atoms with van der Waals surface area (Å²) in [6.07, 6.45) is 0.627. The van der Waals surface area contributed by atoms with Gasteiger partial charge in [0.1, 0.15) is 11.4 Å². The van der Waals surface area contributed by atoms with Crippen molar-refractivity contribution in [3.63, 3.8) is 0 Å². The lowest BCUT2D eigenvalue weighted by molar-refractivity contribution is -0.132. The van der Waals surface area contributed by atoms with Gasteiger partial charge in [0.15, 0.2) is 5.78 Å². The first-order chi connectivity index (χ1) is 11.5. The fraction of sp³-hybridized carbons (Fsp3) is 0.696. The molecule has 1 aromatic rings. The van der Waals surface area contributed by atoms with Crippen LogP contribution in [-0.4, -0.2) is 22.1 Å². The van der Waals surface area contributed by atoms with E-state index in [0.29, 0.717) is 12.2 Å². The Morgan fingerprint density at radius 3 is 1.69 bits per heavy atom. The molecule has 1 aromatic carbocycles. The van der Waals surface area contributed by atoms with Gasteiger partial charge in [0.25, 0.3) is 0 Å². The van der Waals surface area contributed by atoms with Crippen LogP contribution in [0, 0.1) is 5.92 Å². The molecule has 0 spiro atoms. The Kier molecular flexibility index (Phi) is 4.91. The van der Waals surface area contributed by atoms with Crippen LogP contribution in [0.4, 0.5) is 0 Å². The molecule has 1 atom stereocenters. The molecule has 3 nitrogen and oxygen atoms in total. The first-order valence-electron chi connectivity index (χ1n) is 9.58. The van der Waals surface area contributed by atoms with Crippen molar-refractivity contribution in [3.05, 3.63) is 28.8 Å². The summed E-state index contributed by atoms with van der Waals surface area (Å²) in [5.41, 5.74) is 1.36. The van der Waals surface area contributed by atoms with Crippen molar-refractivity contribution in [2.75, 3.05) is 0 Å². The van der Waals surface area contributed by atoms with Gasteiger partial charge >= 0.3 is 0 Å². The van der Waals surface area contributed by atoms with E-state index in [0.717, 1.165) is 16.7 Å². The number of benzene rings is 1. The number of carbonyl (C=O) groups excluding carboxylic acids is 1. The molecule has 0 amide bonds. The molecule has 1 aliphatic rings. The van der Waals surface area contributed by atoms with E-state index in [-0.39, 0.29) is 22.5 Å². The Hall–Kier alpha value is -1.35. The molecule has 146 valence electrons. The standard InChI is InChI=1S/C23H36O3/c1-20(2,3)15-11-14(12-16(18(15)24)21(4,5)6)13-17-19(25)23(9,10)26-22(17,7)8/h11-12,17,24H,13H2,1-10H3. The van der Waals surface area contributed by atoms with Crippen molar-refractivity contribution in [2.45, 2.75) is 97.7 Å². The molecule has 1 N–H and O–H groups in total. The van der Waals surface area contributed by atoms with Gasteiger partial charge in [-0.3, -0.25) is 4.79 Å². The van der Waals surface area contributed by atoms with Crippen LogP contribution in [0.25, 0.3) is 0 Å². The Morgan fingerprint density at radius 1 is 0.962 bits per heavy atom. The molecular formula is C23H36O3. The van der Waals surface area contributed by atoms with Crippen LogP contribution >= 0.6 is 0 Å². The molecule has 1 unspecified atom stereocenters. The minimum absolute atomic E-state index is 0.158. The highest BCUT2D eigenvalue weighted by atomic mass is 16.5. The van der Waals surface area contributed by atoms with Gasteiger partial charge in [-0.15, -0.1) is 0 Å². The van der Waals surface area contributed by atoms with Crippen LogP contribution < -0.4 is 0 Å². The fourth-order valence-corrected chi connectivity index (χ4v) is 4.04. The minimum Gasteiger partial charge on any atom is -0.507 e. The Balaban J connectivity index is 2.56. The Bertz CT molecular complexity index is 677. The lowest BCUT2D eigenvalue weighted by Crippen LogP contribution is -2.32. The zero-order valence-corrected chi connectivity index (χ0v) is 18.2. The van der Waals surface area contributed by atoms with E-state index in [1.54, 1.807) is 0 Å². The van der Waals surface area contributed by atoms with Crippen LogP contribution in [0.2, 0.25) is 0 Å². The summed E-state index contributed by atoms with van der Waals surface area (Å²) in [6.45, 7) is 20.4. The molecule has 1 aliphatic heterocycles. The number of hydrogen-bond donors (Lipinski definition) is 1. The highest BCUT2D eigenvalue weighted by Gasteiger charge is 2.53. The molecule has 3 heteroatoms. The summed E-state index contributed by atoms with van der Waals surface area (Å²) in [7, 11) is 0. The number of phenols is 1. The molecule has 0 radical (unpaired) electrons. The number of Topliss-reactive ketones (excluding diaryl/α,β-unsaturated/α-hetero) is 1. The predicted octanol–water partition coefficient (Wildman–Crippen LogP) is 5.30. The monoisotopic (exact) mass is 360 g/mol. The highest BCUT2D eigenvalue weighted by molar-refractivity contribution is 5.91. The average Bonchev–Trinajstić information content (AvgIpc) is 2.55.